The van der Waals surface area contributed by atoms with Crippen molar-refractivity contribution in [1.29, 1.82) is 0 Å². The van der Waals surface area contributed by atoms with E-state index in [0.29, 0.717) is 30.9 Å². The smallest absolute Gasteiger partial charge is 0.319 e. The minimum absolute atomic E-state index is 0.268. The quantitative estimate of drug-likeness (QED) is 0.237. The van der Waals surface area contributed by atoms with Crippen molar-refractivity contribution in [3.63, 3.8) is 0 Å². The molecule has 0 radical (unpaired) electrons. The summed E-state index contributed by atoms with van der Waals surface area (Å²) in [6.07, 6.45) is 5.97. The average Bonchev–Trinajstić information content (AvgIpc) is 3.76. The van der Waals surface area contributed by atoms with Gasteiger partial charge in [0.05, 0.1) is 0 Å². The second-order valence-electron chi connectivity index (χ2n) is 9.39. The lowest BCUT2D eigenvalue weighted by molar-refractivity contribution is 0.251. The number of carbonyl (C=O) groups is 1. The van der Waals surface area contributed by atoms with Crippen LogP contribution in [0.4, 0.5) is 10.5 Å². The lowest BCUT2D eigenvalue weighted by atomic mass is 9.92. The largest absolute Gasteiger partial charge is 0.489 e. The second kappa shape index (κ2) is 11.7. The number of aromatic nitrogens is 1. The molecule has 1 fully saturated rings. The molecule has 3 N–H and O–H groups in total. The van der Waals surface area contributed by atoms with Crippen LogP contribution in [0.2, 0.25) is 0 Å². The Morgan fingerprint density at radius 2 is 1.70 bits per heavy atom. The fourth-order valence-corrected chi connectivity index (χ4v) is 4.38. The highest BCUT2D eigenvalue weighted by Gasteiger charge is 2.24. The Morgan fingerprint density at radius 1 is 0.946 bits per heavy atom. The van der Waals surface area contributed by atoms with E-state index >= 15 is 0 Å². The van der Waals surface area contributed by atoms with Gasteiger partial charge in [-0.3, -0.25) is 4.98 Å². The fraction of sp³-hybridized carbons (Fsp3) is 0.226. The number of amides is 2. The summed E-state index contributed by atoms with van der Waals surface area (Å²) in [6.45, 7) is 3.11. The van der Waals surface area contributed by atoms with Crippen LogP contribution in [0, 0.1) is 0 Å². The van der Waals surface area contributed by atoms with E-state index in [2.05, 4.69) is 70.3 Å². The number of ether oxygens (including phenoxy) is 1. The zero-order valence-corrected chi connectivity index (χ0v) is 21.0. The van der Waals surface area contributed by atoms with Crippen molar-refractivity contribution in [3.05, 3.63) is 114 Å². The van der Waals surface area contributed by atoms with E-state index in [1.54, 1.807) is 12.4 Å². The molecule has 6 nitrogen and oxygen atoms in total. The van der Waals surface area contributed by atoms with Crippen molar-refractivity contribution in [2.75, 3.05) is 5.32 Å². The highest BCUT2D eigenvalue weighted by molar-refractivity contribution is 5.89. The number of pyridine rings is 1. The Hall–Kier alpha value is -4.16. The molecular formula is C31H32N4O2. The third kappa shape index (κ3) is 6.74. The van der Waals surface area contributed by atoms with Gasteiger partial charge in [0.2, 0.25) is 0 Å². The Bertz CT molecular complexity index is 1320. The molecule has 1 unspecified atom stereocenters. The highest BCUT2D eigenvalue weighted by Crippen LogP contribution is 2.33. The number of hydrogen-bond acceptors (Lipinski definition) is 4. The van der Waals surface area contributed by atoms with Crippen molar-refractivity contribution in [1.82, 2.24) is 15.6 Å². The van der Waals surface area contributed by atoms with E-state index < -0.39 is 0 Å². The molecule has 1 aromatic heterocycles. The van der Waals surface area contributed by atoms with Crippen LogP contribution in [0.5, 0.6) is 5.75 Å². The summed E-state index contributed by atoms with van der Waals surface area (Å²) in [5, 5.41) is 9.40. The predicted octanol–water partition coefficient (Wildman–Crippen LogP) is 6.46. The van der Waals surface area contributed by atoms with Crippen molar-refractivity contribution >= 4 is 11.7 Å². The standard InChI is InChI=1S/C31H32N4O2/c1-22(34-25-12-13-25)28-9-4-5-11-30(28)29-10-3-2-8-24(29)21-37-27-16-14-26(15-17-27)35-31(36)33-20-23-7-6-18-32-19-23/h2-11,14-19,22,25,34H,12-13,20-21H2,1H3,(H2,33,35,36). The number of carbonyl (C=O) groups excluding carboxylic acids is 1. The molecule has 188 valence electrons. The molecule has 0 bridgehead atoms. The van der Waals surface area contributed by atoms with Crippen LogP contribution >= 0.6 is 0 Å². The first-order valence-electron chi connectivity index (χ1n) is 12.8. The van der Waals surface area contributed by atoms with Crippen LogP contribution < -0.4 is 20.7 Å². The number of benzene rings is 3. The summed E-state index contributed by atoms with van der Waals surface area (Å²) in [4.78, 5) is 16.3. The van der Waals surface area contributed by atoms with Crippen molar-refractivity contribution in [2.45, 2.75) is 45.0 Å². The van der Waals surface area contributed by atoms with E-state index in [1.165, 1.54) is 29.5 Å². The van der Waals surface area contributed by atoms with Crippen LogP contribution in [-0.4, -0.2) is 17.1 Å². The number of urea groups is 1. The maximum absolute atomic E-state index is 12.2. The second-order valence-corrected chi connectivity index (χ2v) is 9.39. The molecule has 37 heavy (non-hydrogen) atoms. The van der Waals surface area contributed by atoms with Crippen molar-refractivity contribution in [2.24, 2.45) is 0 Å². The number of nitrogens with zero attached hydrogens (tertiary/aromatic N) is 1. The molecular weight excluding hydrogens is 460 g/mol. The third-order valence-corrected chi connectivity index (χ3v) is 6.48. The molecule has 1 atom stereocenters. The Labute approximate surface area is 218 Å². The lowest BCUT2D eigenvalue weighted by Crippen LogP contribution is -2.28. The van der Waals surface area contributed by atoms with Gasteiger partial charge in [-0.15, -0.1) is 0 Å². The van der Waals surface area contributed by atoms with Gasteiger partial charge in [-0.1, -0.05) is 54.6 Å². The maximum Gasteiger partial charge on any atom is 0.319 e. The molecule has 4 aromatic rings. The first kappa shape index (κ1) is 24.5. The molecule has 0 spiro atoms. The van der Waals surface area contributed by atoms with E-state index in [4.69, 9.17) is 4.74 Å². The summed E-state index contributed by atoms with van der Waals surface area (Å²) in [5.74, 6) is 0.744. The molecule has 5 rings (SSSR count). The maximum atomic E-state index is 12.2. The summed E-state index contributed by atoms with van der Waals surface area (Å²) in [6, 6.07) is 28.9. The monoisotopic (exact) mass is 492 g/mol. The zero-order chi connectivity index (χ0) is 25.5. The third-order valence-electron chi connectivity index (χ3n) is 6.48. The van der Waals surface area contributed by atoms with Gasteiger partial charge in [0.15, 0.2) is 0 Å². The molecule has 2 amide bonds. The van der Waals surface area contributed by atoms with Gasteiger partial charge in [-0.05, 0) is 77.9 Å². The van der Waals surface area contributed by atoms with Crippen LogP contribution in [0.15, 0.2) is 97.3 Å². The normalized spacial score (nSPS) is 13.5. The Balaban J connectivity index is 1.20. The Morgan fingerprint density at radius 3 is 2.46 bits per heavy atom. The number of rotatable bonds is 10. The molecule has 1 aliphatic carbocycles. The van der Waals surface area contributed by atoms with Crippen LogP contribution in [-0.2, 0) is 13.2 Å². The summed E-state index contributed by atoms with van der Waals surface area (Å²) < 4.78 is 6.14. The molecule has 0 saturated heterocycles. The van der Waals surface area contributed by atoms with E-state index in [0.717, 1.165) is 16.9 Å². The zero-order valence-electron chi connectivity index (χ0n) is 21.0. The van der Waals surface area contributed by atoms with Gasteiger partial charge in [0, 0.05) is 36.7 Å². The molecule has 6 heteroatoms. The number of hydrogen-bond donors (Lipinski definition) is 3. The lowest BCUT2D eigenvalue weighted by Gasteiger charge is -2.20. The van der Waals surface area contributed by atoms with Gasteiger partial charge in [-0.2, -0.15) is 0 Å². The molecule has 3 aromatic carbocycles. The minimum atomic E-state index is -0.268. The van der Waals surface area contributed by atoms with Gasteiger partial charge in [-0.25, -0.2) is 4.79 Å². The highest BCUT2D eigenvalue weighted by atomic mass is 16.5. The summed E-state index contributed by atoms with van der Waals surface area (Å²) >= 11 is 0. The van der Waals surface area contributed by atoms with E-state index in [9.17, 15) is 4.79 Å². The van der Waals surface area contributed by atoms with Crippen molar-refractivity contribution < 1.29 is 9.53 Å². The van der Waals surface area contributed by atoms with Crippen LogP contribution in [0.1, 0.15) is 42.5 Å². The minimum Gasteiger partial charge on any atom is -0.489 e. The molecule has 1 aliphatic rings. The topological polar surface area (TPSA) is 75.3 Å². The SMILES string of the molecule is CC(NC1CC1)c1ccccc1-c1ccccc1COc1ccc(NC(=O)NCc2cccnc2)cc1. The molecule has 1 saturated carbocycles. The molecule has 1 heterocycles. The van der Waals surface area contributed by atoms with Gasteiger partial charge in [0.25, 0.3) is 0 Å². The average molecular weight is 493 g/mol. The van der Waals surface area contributed by atoms with Crippen molar-refractivity contribution in [3.8, 4) is 16.9 Å². The summed E-state index contributed by atoms with van der Waals surface area (Å²) in [5.41, 5.74) is 6.50. The van der Waals surface area contributed by atoms with Gasteiger partial charge < -0.3 is 20.7 Å². The fourth-order valence-electron chi connectivity index (χ4n) is 4.38. The van der Waals surface area contributed by atoms with Gasteiger partial charge >= 0.3 is 6.03 Å². The first-order valence-corrected chi connectivity index (χ1v) is 12.8. The number of anilines is 1. The van der Waals surface area contributed by atoms with Crippen LogP contribution in [0.25, 0.3) is 11.1 Å². The first-order chi connectivity index (χ1) is 18.2. The summed E-state index contributed by atoms with van der Waals surface area (Å²) in [7, 11) is 0. The Kier molecular flexibility index (Phi) is 7.77. The predicted molar refractivity (Wildman–Crippen MR) is 147 cm³/mol. The number of nitrogens with one attached hydrogen (secondary N) is 3. The molecule has 0 aliphatic heterocycles. The van der Waals surface area contributed by atoms with E-state index in [-0.39, 0.29) is 6.03 Å². The van der Waals surface area contributed by atoms with E-state index in [1.807, 2.05) is 42.5 Å². The van der Waals surface area contributed by atoms with Crippen LogP contribution in [0.3, 0.4) is 0 Å². The van der Waals surface area contributed by atoms with Gasteiger partial charge in [0.1, 0.15) is 12.4 Å².